The van der Waals surface area contributed by atoms with Gasteiger partial charge in [0.25, 0.3) is 0 Å². The smallest absolute Gasteiger partial charge is 0.313 e. The predicted molar refractivity (Wildman–Crippen MR) is 104 cm³/mol. The fourth-order valence-corrected chi connectivity index (χ4v) is 3.50. The minimum Gasteiger partial charge on any atom is -0.481 e. The lowest BCUT2D eigenvalue weighted by Gasteiger charge is -2.36. The highest BCUT2D eigenvalue weighted by Gasteiger charge is 2.42. The molecule has 0 amide bonds. The van der Waals surface area contributed by atoms with Gasteiger partial charge in [-0.3, -0.25) is 4.79 Å². The fourth-order valence-electron chi connectivity index (χ4n) is 3.50. The van der Waals surface area contributed by atoms with E-state index >= 15 is 0 Å². The van der Waals surface area contributed by atoms with Gasteiger partial charge in [0, 0.05) is 13.0 Å². The summed E-state index contributed by atoms with van der Waals surface area (Å²) in [5, 5.41) is 21.5. The van der Waals surface area contributed by atoms with Crippen molar-refractivity contribution in [3.8, 4) is 0 Å². The molecule has 4 nitrogen and oxygen atoms in total. The molecule has 2 aromatic rings. The number of benzene rings is 2. The van der Waals surface area contributed by atoms with E-state index in [1.54, 1.807) is 12.1 Å². The van der Waals surface area contributed by atoms with Gasteiger partial charge in [0.15, 0.2) is 0 Å². The lowest BCUT2D eigenvalue weighted by Crippen LogP contribution is -2.45. The molecule has 140 valence electrons. The Morgan fingerprint density at radius 3 is 2.04 bits per heavy atom. The third-order valence-corrected chi connectivity index (χ3v) is 5.03. The van der Waals surface area contributed by atoms with E-state index in [1.165, 1.54) is 0 Å². The fraction of sp³-hybridized carbons (Fsp3) is 0.409. The van der Waals surface area contributed by atoms with E-state index in [4.69, 9.17) is 0 Å². The van der Waals surface area contributed by atoms with Gasteiger partial charge in [0.2, 0.25) is 0 Å². The molecule has 0 saturated heterocycles. The summed E-state index contributed by atoms with van der Waals surface area (Å²) in [6, 6.07) is 18.7. The molecule has 2 aromatic carbocycles. The van der Waals surface area contributed by atoms with Crippen molar-refractivity contribution >= 4 is 5.97 Å². The van der Waals surface area contributed by atoms with Crippen LogP contribution < -0.4 is 0 Å². The molecular formula is C22H29NO3. The number of aliphatic hydroxyl groups is 1. The van der Waals surface area contributed by atoms with Crippen LogP contribution in [0.4, 0.5) is 0 Å². The van der Waals surface area contributed by atoms with Crippen molar-refractivity contribution in [2.24, 2.45) is 0 Å². The summed E-state index contributed by atoms with van der Waals surface area (Å²) in [5.74, 6) is -1.96. The van der Waals surface area contributed by atoms with Crippen molar-refractivity contribution in [3.05, 3.63) is 71.8 Å². The third-order valence-electron chi connectivity index (χ3n) is 5.03. The van der Waals surface area contributed by atoms with Gasteiger partial charge in [-0.1, -0.05) is 74.5 Å². The summed E-state index contributed by atoms with van der Waals surface area (Å²) >= 11 is 0. The van der Waals surface area contributed by atoms with E-state index in [-0.39, 0.29) is 0 Å². The normalized spacial score (nSPS) is 14.8. The van der Waals surface area contributed by atoms with Crippen molar-refractivity contribution in [1.29, 1.82) is 0 Å². The first-order valence-electron chi connectivity index (χ1n) is 9.26. The largest absolute Gasteiger partial charge is 0.481 e. The van der Waals surface area contributed by atoms with Gasteiger partial charge >= 0.3 is 5.97 Å². The first-order chi connectivity index (χ1) is 12.5. The highest BCUT2D eigenvalue weighted by molar-refractivity contribution is 5.78. The molecule has 0 fully saturated rings. The molecule has 0 aliphatic carbocycles. The Morgan fingerprint density at radius 2 is 1.54 bits per heavy atom. The maximum Gasteiger partial charge on any atom is 0.313 e. The molecule has 0 bridgehead atoms. The van der Waals surface area contributed by atoms with E-state index in [2.05, 4.69) is 18.7 Å². The molecule has 0 aromatic heterocycles. The Kier molecular flexibility index (Phi) is 7.37. The Bertz CT molecular complexity index is 670. The highest BCUT2D eigenvalue weighted by atomic mass is 16.4. The minimum absolute atomic E-state index is 0.307. The first-order valence-corrected chi connectivity index (χ1v) is 9.26. The minimum atomic E-state index is -1.36. The van der Waals surface area contributed by atoms with Crippen LogP contribution in [0.25, 0.3) is 0 Å². The molecule has 2 atom stereocenters. The number of aliphatic carboxylic acids is 1. The Balaban J connectivity index is 2.37. The molecule has 0 aliphatic heterocycles. The van der Waals surface area contributed by atoms with Gasteiger partial charge in [-0.2, -0.15) is 0 Å². The molecule has 0 radical (unpaired) electrons. The molecule has 0 heterocycles. The number of hydrogen-bond donors (Lipinski definition) is 2. The number of carboxylic acid groups (broad SMARTS) is 1. The summed E-state index contributed by atoms with van der Waals surface area (Å²) in [6.45, 7) is 6.56. The zero-order chi connectivity index (χ0) is 19.0. The molecule has 0 aliphatic rings. The van der Waals surface area contributed by atoms with Crippen LogP contribution in [0.5, 0.6) is 0 Å². The lowest BCUT2D eigenvalue weighted by molar-refractivity contribution is -0.146. The average molecular weight is 355 g/mol. The molecule has 2 N–H and O–H groups in total. The molecule has 2 unspecified atom stereocenters. The number of nitrogens with zero attached hydrogens (tertiary/aromatic N) is 1. The van der Waals surface area contributed by atoms with Crippen LogP contribution in [0.1, 0.15) is 37.3 Å². The number of carboxylic acids is 1. The Hall–Kier alpha value is -2.17. The van der Waals surface area contributed by atoms with E-state index in [9.17, 15) is 15.0 Å². The molecular weight excluding hydrogens is 326 g/mol. The molecule has 0 spiro atoms. The summed E-state index contributed by atoms with van der Waals surface area (Å²) < 4.78 is 0. The van der Waals surface area contributed by atoms with Gasteiger partial charge in [0.1, 0.15) is 5.92 Å². The van der Waals surface area contributed by atoms with Crippen LogP contribution in [0, 0.1) is 0 Å². The Labute approximate surface area is 156 Å². The van der Waals surface area contributed by atoms with Crippen LogP contribution in [-0.2, 0) is 11.2 Å². The second-order valence-corrected chi connectivity index (χ2v) is 6.72. The highest BCUT2D eigenvalue weighted by Crippen LogP contribution is 2.35. The second-order valence-electron chi connectivity index (χ2n) is 6.72. The van der Waals surface area contributed by atoms with Crippen LogP contribution in [0.2, 0.25) is 0 Å². The topological polar surface area (TPSA) is 60.8 Å². The first kappa shape index (κ1) is 20.1. The van der Waals surface area contributed by atoms with E-state index in [0.717, 1.165) is 18.7 Å². The van der Waals surface area contributed by atoms with Crippen LogP contribution in [0.15, 0.2) is 60.7 Å². The van der Waals surface area contributed by atoms with Crippen LogP contribution in [-0.4, -0.2) is 46.3 Å². The van der Waals surface area contributed by atoms with Gasteiger partial charge < -0.3 is 15.1 Å². The van der Waals surface area contributed by atoms with Crippen LogP contribution in [0.3, 0.4) is 0 Å². The van der Waals surface area contributed by atoms with Crippen molar-refractivity contribution in [3.63, 3.8) is 0 Å². The van der Waals surface area contributed by atoms with E-state index in [0.29, 0.717) is 24.9 Å². The summed E-state index contributed by atoms with van der Waals surface area (Å²) in [6.07, 6.45) is 0.705. The molecule has 2 rings (SSSR count). The van der Waals surface area contributed by atoms with Gasteiger partial charge in [-0.05, 0) is 30.6 Å². The van der Waals surface area contributed by atoms with E-state index < -0.39 is 17.5 Å². The van der Waals surface area contributed by atoms with Crippen molar-refractivity contribution < 1.29 is 15.0 Å². The zero-order valence-electron chi connectivity index (χ0n) is 15.6. The summed E-state index contributed by atoms with van der Waals surface area (Å²) in [5.41, 5.74) is 0.214. The van der Waals surface area contributed by atoms with Gasteiger partial charge in [0.05, 0.1) is 5.60 Å². The van der Waals surface area contributed by atoms with E-state index in [1.807, 2.05) is 48.5 Å². The monoisotopic (exact) mass is 355 g/mol. The van der Waals surface area contributed by atoms with Crippen molar-refractivity contribution in [2.75, 3.05) is 19.6 Å². The SMILES string of the molecule is CCN(CC)CCC(O)(Cc1ccccc1)C(C(=O)O)c1ccccc1. The number of carbonyl (C=O) groups is 1. The quantitative estimate of drug-likeness (QED) is 0.684. The second kappa shape index (κ2) is 9.51. The predicted octanol–water partition coefficient (Wildman–Crippen LogP) is 3.56. The Morgan fingerprint density at radius 1 is 1.00 bits per heavy atom. The molecule has 0 saturated carbocycles. The lowest BCUT2D eigenvalue weighted by atomic mass is 9.76. The summed E-state index contributed by atoms with van der Waals surface area (Å²) in [4.78, 5) is 14.4. The average Bonchev–Trinajstić information content (AvgIpc) is 2.64. The zero-order valence-corrected chi connectivity index (χ0v) is 15.6. The van der Waals surface area contributed by atoms with Crippen molar-refractivity contribution in [2.45, 2.75) is 38.2 Å². The van der Waals surface area contributed by atoms with Crippen molar-refractivity contribution in [1.82, 2.24) is 4.90 Å². The maximum atomic E-state index is 12.1. The number of hydrogen-bond acceptors (Lipinski definition) is 3. The molecule has 4 heteroatoms. The third kappa shape index (κ3) is 5.16. The summed E-state index contributed by atoms with van der Waals surface area (Å²) in [7, 11) is 0. The standard InChI is InChI=1S/C22H29NO3/c1-3-23(4-2)16-15-22(26,17-18-11-7-5-8-12-18)20(21(24)25)19-13-9-6-10-14-19/h5-14,20,26H,3-4,15-17H2,1-2H3,(H,24,25). The number of rotatable bonds is 10. The molecule has 26 heavy (non-hydrogen) atoms. The van der Waals surface area contributed by atoms with Gasteiger partial charge in [-0.15, -0.1) is 0 Å². The maximum absolute atomic E-state index is 12.1. The van der Waals surface area contributed by atoms with Crippen LogP contribution >= 0.6 is 0 Å². The van der Waals surface area contributed by atoms with Gasteiger partial charge in [-0.25, -0.2) is 0 Å².